The molecule has 0 N–H and O–H groups in total. The topological polar surface area (TPSA) is 9.23 Å². The van der Waals surface area contributed by atoms with Crippen LogP contribution in [-0.2, 0) is 4.74 Å². The summed E-state index contributed by atoms with van der Waals surface area (Å²) in [4.78, 5) is 0.581. The van der Waals surface area contributed by atoms with Crippen molar-refractivity contribution < 1.29 is 4.74 Å². The van der Waals surface area contributed by atoms with Crippen molar-refractivity contribution in [3.05, 3.63) is 0 Å². The molecule has 1 fully saturated rings. The summed E-state index contributed by atoms with van der Waals surface area (Å²) >= 11 is 3.52. The normalized spacial score (nSPS) is 47.6. The van der Waals surface area contributed by atoms with E-state index in [0.717, 1.165) is 6.61 Å². The van der Waals surface area contributed by atoms with E-state index in [2.05, 4.69) is 29.8 Å². The summed E-state index contributed by atoms with van der Waals surface area (Å²) in [6, 6.07) is 0. The lowest BCUT2D eigenvalue weighted by molar-refractivity contribution is 0.109. The predicted octanol–water partition coefficient (Wildman–Crippen LogP) is 1.80. The molecule has 2 heteroatoms. The van der Waals surface area contributed by atoms with Gasteiger partial charge in [0, 0.05) is 4.83 Å². The average Bonchev–Trinajstić information content (AvgIpc) is 1.98. The molecule has 8 heavy (non-hydrogen) atoms. The molecular weight excluding hydrogens is 168 g/mol. The van der Waals surface area contributed by atoms with E-state index in [9.17, 15) is 0 Å². The van der Waals surface area contributed by atoms with E-state index in [-0.39, 0.29) is 0 Å². The van der Waals surface area contributed by atoms with Crippen molar-refractivity contribution in [1.82, 2.24) is 0 Å². The van der Waals surface area contributed by atoms with Crippen LogP contribution in [0.2, 0.25) is 0 Å². The van der Waals surface area contributed by atoms with Crippen molar-refractivity contribution in [2.24, 2.45) is 5.92 Å². The van der Waals surface area contributed by atoms with Crippen LogP contribution in [0, 0.1) is 5.92 Å². The third kappa shape index (κ3) is 1.06. The fourth-order valence-corrected chi connectivity index (χ4v) is 1.42. The van der Waals surface area contributed by atoms with Crippen LogP contribution in [0.25, 0.3) is 0 Å². The van der Waals surface area contributed by atoms with Crippen LogP contribution < -0.4 is 0 Å². The molecule has 1 saturated heterocycles. The third-order valence-electron chi connectivity index (χ3n) is 1.83. The SMILES string of the molecule is CC1OCC(Br)C1C. The van der Waals surface area contributed by atoms with Gasteiger partial charge in [0.25, 0.3) is 0 Å². The molecule has 48 valence electrons. The van der Waals surface area contributed by atoms with Crippen LogP contribution in [0.15, 0.2) is 0 Å². The lowest BCUT2D eigenvalue weighted by Gasteiger charge is -2.07. The number of alkyl halides is 1. The molecule has 1 heterocycles. The molecule has 1 nitrogen and oxygen atoms in total. The Balaban J connectivity index is 2.44. The summed E-state index contributed by atoms with van der Waals surface area (Å²) in [6.45, 7) is 5.20. The van der Waals surface area contributed by atoms with Gasteiger partial charge in [-0.1, -0.05) is 22.9 Å². The minimum Gasteiger partial charge on any atom is -0.377 e. The first-order chi connectivity index (χ1) is 3.72. The van der Waals surface area contributed by atoms with Crippen molar-refractivity contribution in [2.45, 2.75) is 24.8 Å². The van der Waals surface area contributed by atoms with Crippen LogP contribution >= 0.6 is 15.9 Å². The summed E-state index contributed by atoms with van der Waals surface area (Å²) in [7, 11) is 0. The van der Waals surface area contributed by atoms with Crippen molar-refractivity contribution >= 4 is 15.9 Å². The first-order valence-corrected chi connectivity index (χ1v) is 3.89. The molecule has 1 aliphatic heterocycles. The van der Waals surface area contributed by atoms with E-state index >= 15 is 0 Å². The quantitative estimate of drug-likeness (QED) is 0.515. The van der Waals surface area contributed by atoms with E-state index in [0.29, 0.717) is 16.8 Å². The summed E-state index contributed by atoms with van der Waals surface area (Å²) in [5, 5.41) is 0. The minimum absolute atomic E-state index is 0.444. The monoisotopic (exact) mass is 178 g/mol. The lowest BCUT2D eigenvalue weighted by atomic mass is 10.1. The highest BCUT2D eigenvalue weighted by atomic mass is 79.9. The highest BCUT2D eigenvalue weighted by Crippen LogP contribution is 2.25. The molecule has 0 amide bonds. The molecule has 0 saturated carbocycles. The summed E-state index contributed by atoms with van der Waals surface area (Å²) in [5.74, 6) is 0.676. The van der Waals surface area contributed by atoms with Crippen molar-refractivity contribution in [3.63, 3.8) is 0 Å². The molecule has 3 unspecified atom stereocenters. The molecule has 1 rings (SSSR count). The zero-order chi connectivity index (χ0) is 6.15. The van der Waals surface area contributed by atoms with Gasteiger partial charge < -0.3 is 4.74 Å². The van der Waals surface area contributed by atoms with Gasteiger partial charge in [-0.15, -0.1) is 0 Å². The second kappa shape index (κ2) is 2.36. The summed E-state index contributed by atoms with van der Waals surface area (Å²) < 4.78 is 5.33. The van der Waals surface area contributed by atoms with Crippen molar-refractivity contribution in [1.29, 1.82) is 0 Å². The van der Waals surface area contributed by atoms with Crippen molar-refractivity contribution in [2.75, 3.05) is 6.61 Å². The second-order valence-corrected chi connectivity index (χ2v) is 3.59. The Morgan fingerprint density at radius 2 is 2.12 bits per heavy atom. The lowest BCUT2D eigenvalue weighted by Crippen LogP contribution is -2.12. The first kappa shape index (κ1) is 6.56. The highest BCUT2D eigenvalue weighted by Gasteiger charge is 2.27. The maximum Gasteiger partial charge on any atom is 0.0598 e. The van der Waals surface area contributed by atoms with Crippen LogP contribution in [0.4, 0.5) is 0 Å². The largest absolute Gasteiger partial charge is 0.377 e. The molecule has 0 aromatic heterocycles. The van der Waals surface area contributed by atoms with E-state index in [1.807, 2.05) is 0 Å². The van der Waals surface area contributed by atoms with Crippen LogP contribution in [-0.4, -0.2) is 17.5 Å². The average molecular weight is 179 g/mol. The van der Waals surface area contributed by atoms with Gasteiger partial charge in [-0.2, -0.15) is 0 Å². The Hall–Kier alpha value is 0.440. The maximum absolute atomic E-state index is 5.33. The predicted molar refractivity (Wildman–Crippen MR) is 37.3 cm³/mol. The molecule has 0 aliphatic carbocycles. The van der Waals surface area contributed by atoms with Gasteiger partial charge in [0.1, 0.15) is 0 Å². The Morgan fingerprint density at radius 1 is 1.50 bits per heavy atom. The smallest absolute Gasteiger partial charge is 0.0598 e. The van der Waals surface area contributed by atoms with Gasteiger partial charge in [-0.25, -0.2) is 0 Å². The molecular formula is C6H11BrO. The van der Waals surface area contributed by atoms with Crippen LogP contribution in [0.1, 0.15) is 13.8 Å². The van der Waals surface area contributed by atoms with Gasteiger partial charge in [0.2, 0.25) is 0 Å². The Bertz CT molecular complexity index is 74.6. The standard InChI is InChI=1S/C6H11BrO/c1-4-5(2)8-3-6(4)7/h4-6H,3H2,1-2H3. The number of hydrogen-bond acceptors (Lipinski definition) is 1. The number of hydrogen-bond donors (Lipinski definition) is 0. The Morgan fingerprint density at radius 3 is 2.25 bits per heavy atom. The second-order valence-electron chi connectivity index (χ2n) is 2.41. The van der Waals surface area contributed by atoms with Gasteiger partial charge in [-0.05, 0) is 12.8 Å². The van der Waals surface area contributed by atoms with Crippen LogP contribution in [0.5, 0.6) is 0 Å². The zero-order valence-electron chi connectivity index (χ0n) is 5.23. The molecule has 1 aliphatic rings. The van der Waals surface area contributed by atoms with E-state index in [1.165, 1.54) is 0 Å². The van der Waals surface area contributed by atoms with Gasteiger partial charge in [0.05, 0.1) is 12.7 Å². The number of rotatable bonds is 0. The molecule has 0 spiro atoms. The van der Waals surface area contributed by atoms with E-state index < -0.39 is 0 Å². The first-order valence-electron chi connectivity index (χ1n) is 2.97. The minimum atomic E-state index is 0.444. The third-order valence-corrected chi connectivity index (χ3v) is 2.93. The van der Waals surface area contributed by atoms with E-state index in [1.54, 1.807) is 0 Å². The Kier molecular flexibility index (Phi) is 1.93. The molecule has 0 aromatic rings. The number of ether oxygens (including phenoxy) is 1. The molecule has 0 radical (unpaired) electrons. The van der Waals surface area contributed by atoms with Gasteiger partial charge in [0.15, 0.2) is 0 Å². The Labute approximate surface area is 58.5 Å². The van der Waals surface area contributed by atoms with Crippen molar-refractivity contribution in [3.8, 4) is 0 Å². The fraction of sp³-hybridized carbons (Fsp3) is 1.00. The fourth-order valence-electron chi connectivity index (χ4n) is 0.841. The van der Waals surface area contributed by atoms with E-state index in [4.69, 9.17) is 4.74 Å². The number of halogens is 1. The highest BCUT2D eigenvalue weighted by molar-refractivity contribution is 9.09. The molecule has 3 atom stereocenters. The van der Waals surface area contributed by atoms with Gasteiger partial charge in [-0.3, -0.25) is 0 Å². The zero-order valence-corrected chi connectivity index (χ0v) is 6.81. The maximum atomic E-state index is 5.33. The van der Waals surface area contributed by atoms with Crippen LogP contribution in [0.3, 0.4) is 0 Å². The summed E-state index contributed by atoms with van der Waals surface area (Å²) in [5.41, 5.74) is 0. The molecule has 0 aromatic carbocycles. The summed E-state index contributed by atoms with van der Waals surface area (Å²) in [6.07, 6.45) is 0.444. The molecule has 0 bridgehead atoms. The van der Waals surface area contributed by atoms with Gasteiger partial charge >= 0.3 is 0 Å².